The van der Waals surface area contributed by atoms with Crippen LogP contribution in [0.15, 0.2) is 18.2 Å². The SMILES string of the molecule is CC(C)O[C@@H](C)c1c(F)cccc1Cl. The van der Waals surface area contributed by atoms with E-state index in [1.54, 1.807) is 19.1 Å². The number of benzene rings is 1. The minimum absolute atomic E-state index is 0.0562. The maximum atomic E-state index is 13.4. The van der Waals surface area contributed by atoms with Crippen molar-refractivity contribution in [3.63, 3.8) is 0 Å². The molecule has 1 aromatic rings. The Balaban J connectivity index is 2.94. The minimum atomic E-state index is -0.316. The van der Waals surface area contributed by atoms with Gasteiger partial charge in [0.2, 0.25) is 0 Å². The highest BCUT2D eigenvalue weighted by molar-refractivity contribution is 6.31. The van der Waals surface area contributed by atoms with Gasteiger partial charge in [-0.25, -0.2) is 4.39 Å². The molecule has 0 saturated carbocycles. The van der Waals surface area contributed by atoms with E-state index in [9.17, 15) is 4.39 Å². The lowest BCUT2D eigenvalue weighted by Crippen LogP contribution is -2.09. The van der Waals surface area contributed by atoms with Crippen LogP contribution in [0, 0.1) is 5.82 Å². The Kier molecular flexibility index (Phi) is 3.90. The van der Waals surface area contributed by atoms with Crippen LogP contribution in [0.5, 0.6) is 0 Å². The molecule has 0 aliphatic carbocycles. The smallest absolute Gasteiger partial charge is 0.130 e. The van der Waals surface area contributed by atoms with Crippen LogP contribution in [0.4, 0.5) is 4.39 Å². The predicted molar refractivity (Wildman–Crippen MR) is 56.0 cm³/mol. The summed E-state index contributed by atoms with van der Waals surface area (Å²) in [6, 6.07) is 4.64. The Labute approximate surface area is 88.8 Å². The highest BCUT2D eigenvalue weighted by Gasteiger charge is 2.15. The van der Waals surface area contributed by atoms with Crippen molar-refractivity contribution in [3.05, 3.63) is 34.6 Å². The third-order valence-electron chi connectivity index (χ3n) is 1.88. The first-order valence-electron chi connectivity index (χ1n) is 4.61. The maximum Gasteiger partial charge on any atom is 0.130 e. The van der Waals surface area contributed by atoms with E-state index in [-0.39, 0.29) is 18.0 Å². The molecule has 1 nitrogen and oxygen atoms in total. The summed E-state index contributed by atoms with van der Waals surface area (Å²) in [5.74, 6) is -0.314. The summed E-state index contributed by atoms with van der Waals surface area (Å²) in [5.41, 5.74) is 0.433. The molecule has 0 aromatic heterocycles. The zero-order valence-electron chi connectivity index (χ0n) is 8.55. The van der Waals surface area contributed by atoms with E-state index in [2.05, 4.69) is 0 Å². The van der Waals surface area contributed by atoms with Gasteiger partial charge in [0.15, 0.2) is 0 Å². The Morgan fingerprint density at radius 1 is 1.29 bits per heavy atom. The van der Waals surface area contributed by atoms with Gasteiger partial charge in [-0.2, -0.15) is 0 Å². The first-order valence-corrected chi connectivity index (χ1v) is 4.99. The molecular formula is C11H14ClFO. The summed E-state index contributed by atoms with van der Waals surface area (Å²) in [5, 5.41) is 0.415. The fourth-order valence-electron chi connectivity index (χ4n) is 1.38. The van der Waals surface area contributed by atoms with Crippen LogP contribution in [0.25, 0.3) is 0 Å². The molecule has 0 unspecified atom stereocenters. The molecule has 0 amide bonds. The molecule has 0 N–H and O–H groups in total. The Morgan fingerprint density at radius 3 is 2.43 bits per heavy atom. The largest absolute Gasteiger partial charge is 0.371 e. The summed E-state index contributed by atoms with van der Waals surface area (Å²) in [7, 11) is 0. The molecule has 0 aliphatic heterocycles. The minimum Gasteiger partial charge on any atom is -0.371 e. The Hall–Kier alpha value is -0.600. The van der Waals surface area contributed by atoms with Crippen LogP contribution in [0.2, 0.25) is 5.02 Å². The van der Waals surface area contributed by atoms with E-state index in [0.717, 1.165) is 0 Å². The Morgan fingerprint density at radius 2 is 1.93 bits per heavy atom. The van der Waals surface area contributed by atoms with Crippen LogP contribution in [-0.4, -0.2) is 6.10 Å². The lowest BCUT2D eigenvalue weighted by Gasteiger charge is -2.18. The lowest BCUT2D eigenvalue weighted by molar-refractivity contribution is 0.0160. The van der Waals surface area contributed by atoms with Crippen molar-refractivity contribution in [3.8, 4) is 0 Å². The highest BCUT2D eigenvalue weighted by atomic mass is 35.5. The van der Waals surface area contributed by atoms with Crippen molar-refractivity contribution in [2.75, 3.05) is 0 Å². The fraction of sp³-hybridized carbons (Fsp3) is 0.455. The van der Waals surface area contributed by atoms with Gasteiger partial charge in [0.05, 0.1) is 12.2 Å². The van der Waals surface area contributed by atoms with Gasteiger partial charge < -0.3 is 4.74 Å². The van der Waals surface area contributed by atoms with E-state index in [0.29, 0.717) is 10.6 Å². The molecule has 1 atom stereocenters. The van der Waals surface area contributed by atoms with Gasteiger partial charge in [0.25, 0.3) is 0 Å². The van der Waals surface area contributed by atoms with Crippen LogP contribution in [-0.2, 0) is 4.74 Å². The second-order valence-electron chi connectivity index (χ2n) is 3.46. The second kappa shape index (κ2) is 4.76. The molecular weight excluding hydrogens is 203 g/mol. The quantitative estimate of drug-likeness (QED) is 0.743. The molecule has 0 aliphatic rings. The van der Waals surface area contributed by atoms with Crippen LogP contribution in [0.3, 0.4) is 0 Å². The molecule has 0 heterocycles. The summed E-state index contributed by atoms with van der Waals surface area (Å²) in [6.07, 6.45) is -0.260. The van der Waals surface area contributed by atoms with Crippen molar-refractivity contribution < 1.29 is 9.13 Å². The zero-order valence-corrected chi connectivity index (χ0v) is 9.31. The van der Waals surface area contributed by atoms with E-state index in [1.807, 2.05) is 13.8 Å². The summed E-state index contributed by atoms with van der Waals surface area (Å²) >= 11 is 5.89. The molecule has 1 aromatic carbocycles. The van der Waals surface area contributed by atoms with Gasteiger partial charge in [-0.3, -0.25) is 0 Å². The van der Waals surface area contributed by atoms with Gasteiger partial charge >= 0.3 is 0 Å². The standard InChI is InChI=1S/C11H14ClFO/c1-7(2)14-8(3)11-9(12)5-4-6-10(11)13/h4-8H,1-3H3/t8-/m0/s1. The van der Waals surface area contributed by atoms with Crippen LogP contribution >= 0.6 is 11.6 Å². The molecule has 0 saturated heterocycles. The van der Waals surface area contributed by atoms with Gasteiger partial charge in [-0.05, 0) is 32.9 Å². The van der Waals surface area contributed by atoms with Crippen molar-refractivity contribution >= 4 is 11.6 Å². The van der Waals surface area contributed by atoms with Gasteiger partial charge in [-0.15, -0.1) is 0 Å². The first-order chi connectivity index (χ1) is 6.52. The van der Waals surface area contributed by atoms with Crippen LogP contribution < -0.4 is 0 Å². The van der Waals surface area contributed by atoms with Crippen molar-refractivity contribution in [2.45, 2.75) is 33.0 Å². The number of halogens is 2. The number of ether oxygens (including phenoxy) is 1. The second-order valence-corrected chi connectivity index (χ2v) is 3.87. The fourth-order valence-corrected chi connectivity index (χ4v) is 1.69. The molecule has 14 heavy (non-hydrogen) atoms. The molecule has 3 heteroatoms. The monoisotopic (exact) mass is 216 g/mol. The van der Waals surface area contributed by atoms with Crippen molar-refractivity contribution in [1.29, 1.82) is 0 Å². The normalized spacial score (nSPS) is 13.3. The number of rotatable bonds is 3. The summed E-state index contributed by atoms with van der Waals surface area (Å²) < 4.78 is 18.9. The number of hydrogen-bond acceptors (Lipinski definition) is 1. The number of hydrogen-bond donors (Lipinski definition) is 0. The topological polar surface area (TPSA) is 9.23 Å². The predicted octanol–water partition coefficient (Wildman–Crippen LogP) is 3.97. The molecule has 0 bridgehead atoms. The van der Waals surface area contributed by atoms with Crippen LogP contribution in [0.1, 0.15) is 32.4 Å². The van der Waals surface area contributed by atoms with E-state index >= 15 is 0 Å². The first kappa shape index (κ1) is 11.5. The van der Waals surface area contributed by atoms with Crippen molar-refractivity contribution in [2.24, 2.45) is 0 Å². The maximum absolute atomic E-state index is 13.4. The molecule has 0 radical (unpaired) electrons. The van der Waals surface area contributed by atoms with E-state index in [1.165, 1.54) is 6.07 Å². The third kappa shape index (κ3) is 2.69. The Bertz CT molecular complexity index is 292. The molecule has 78 valence electrons. The average Bonchev–Trinajstić information content (AvgIpc) is 2.01. The highest BCUT2D eigenvalue weighted by Crippen LogP contribution is 2.28. The van der Waals surface area contributed by atoms with Crippen molar-refractivity contribution in [1.82, 2.24) is 0 Å². The van der Waals surface area contributed by atoms with Gasteiger partial charge in [-0.1, -0.05) is 17.7 Å². The van der Waals surface area contributed by atoms with Gasteiger partial charge in [0.1, 0.15) is 5.82 Å². The van der Waals surface area contributed by atoms with E-state index in [4.69, 9.17) is 16.3 Å². The van der Waals surface area contributed by atoms with Gasteiger partial charge in [0, 0.05) is 10.6 Å². The lowest BCUT2D eigenvalue weighted by atomic mass is 10.1. The zero-order chi connectivity index (χ0) is 10.7. The summed E-state index contributed by atoms with van der Waals surface area (Å²) in [4.78, 5) is 0. The van der Waals surface area contributed by atoms with E-state index < -0.39 is 0 Å². The molecule has 0 fully saturated rings. The summed E-state index contributed by atoms with van der Waals surface area (Å²) in [6.45, 7) is 5.61. The third-order valence-corrected chi connectivity index (χ3v) is 2.21. The molecule has 0 spiro atoms. The molecule has 1 rings (SSSR count). The average molecular weight is 217 g/mol.